The summed E-state index contributed by atoms with van der Waals surface area (Å²) >= 11 is 0. The van der Waals surface area contributed by atoms with Gasteiger partial charge >= 0.3 is 0 Å². The summed E-state index contributed by atoms with van der Waals surface area (Å²) in [6.45, 7) is 14.2. The van der Waals surface area contributed by atoms with Crippen LogP contribution < -0.4 is 9.92 Å². The van der Waals surface area contributed by atoms with E-state index in [-0.39, 0.29) is 5.41 Å². The van der Waals surface area contributed by atoms with Crippen molar-refractivity contribution in [3.05, 3.63) is 72.3 Å². The molecule has 0 N–H and O–H groups in total. The van der Waals surface area contributed by atoms with Gasteiger partial charge < -0.3 is 4.74 Å². The molecule has 0 radical (unpaired) electrons. The lowest BCUT2D eigenvalue weighted by atomic mass is 9.89. The number of benzene rings is 2. The summed E-state index contributed by atoms with van der Waals surface area (Å²) in [5.41, 5.74) is 3.95. The zero-order valence-corrected chi connectivity index (χ0v) is 16.3. The molecular formula is C22H28OSi. The molecular weight excluding hydrogens is 308 g/mol. The van der Waals surface area contributed by atoms with Gasteiger partial charge in [0, 0.05) is 0 Å². The Morgan fingerprint density at radius 3 is 2.54 bits per heavy atom. The molecule has 0 saturated carbocycles. The van der Waals surface area contributed by atoms with Gasteiger partial charge in [-0.3, -0.25) is 0 Å². The predicted octanol–water partition coefficient (Wildman–Crippen LogP) is 5.07. The SMILES string of the molecule is C=CCOc1ccccc1[Si](C)(C)C1c2ccccc2CC1(C)C. The standard InChI is InChI=1S/C22H28OSi/c1-6-15-23-19-13-9-10-14-20(19)24(4,5)21-18-12-8-7-11-17(18)16-22(21,2)3/h6-14,21H,1,15-16H2,2-5H3. The Labute approximate surface area is 147 Å². The smallest absolute Gasteiger partial charge is 0.119 e. The molecule has 1 nitrogen and oxygen atoms in total. The maximum atomic E-state index is 6.01. The van der Waals surface area contributed by atoms with Crippen molar-refractivity contribution in [1.82, 2.24) is 0 Å². The van der Waals surface area contributed by atoms with E-state index in [0.717, 1.165) is 5.75 Å². The molecule has 0 spiro atoms. The minimum absolute atomic E-state index is 0.283. The zero-order chi connectivity index (χ0) is 17.4. The molecule has 1 unspecified atom stereocenters. The average Bonchev–Trinajstić information content (AvgIpc) is 2.83. The summed E-state index contributed by atoms with van der Waals surface area (Å²) < 4.78 is 6.01. The fourth-order valence-corrected chi connectivity index (χ4v) is 9.53. The Bertz CT molecular complexity index is 745. The largest absolute Gasteiger partial charge is 0.490 e. The Morgan fingerprint density at radius 1 is 1.12 bits per heavy atom. The van der Waals surface area contributed by atoms with Gasteiger partial charge in [0.05, 0.1) is 8.07 Å². The summed E-state index contributed by atoms with van der Waals surface area (Å²) in [6, 6.07) is 17.6. The number of hydrogen-bond donors (Lipinski definition) is 0. The number of ether oxygens (including phenoxy) is 1. The molecule has 0 amide bonds. The second-order valence-corrected chi connectivity index (χ2v) is 12.7. The van der Waals surface area contributed by atoms with Gasteiger partial charge in [-0.05, 0) is 39.8 Å². The molecule has 126 valence electrons. The van der Waals surface area contributed by atoms with E-state index < -0.39 is 8.07 Å². The highest BCUT2D eigenvalue weighted by atomic mass is 28.3. The molecule has 24 heavy (non-hydrogen) atoms. The summed E-state index contributed by atoms with van der Waals surface area (Å²) in [4.78, 5) is 0. The van der Waals surface area contributed by atoms with Crippen molar-refractivity contribution in [3.8, 4) is 5.75 Å². The molecule has 1 atom stereocenters. The Balaban J connectivity index is 2.09. The van der Waals surface area contributed by atoms with Gasteiger partial charge in [-0.25, -0.2) is 0 Å². The highest BCUT2D eigenvalue weighted by Gasteiger charge is 2.49. The van der Waals surface area contributed by atoms with Crippen LogP contribution in [0.2, 0.25) is 13.1 Å². The highest BCUT2D eigenvalue weighted by Crippen LogP contribution is 2.51. The maximum absolute atomic E-state index is 6.01. The fourth-order valence-electron chi connectivity index (χ4n) is 4.79. The van der Waals surface area contributed by atoms with Crippen molar-refractivity contribution in [2.24, 2.45) is 5.41 Å². The van der Waals surface area contributed by atoms with Crippen molar-refractivity contribution in [3.63, 3.8) is 0 Å². The van der Waals surface area contributed by atoms with Crippen LogP contribution in [0.15, 0.2) is 61.2 Å². The van der Waals surface area contributed by atoms with Gasteiger partial charge in [0.15, 0.2) is 0 Å². The van der Waals surface area contributed by atoms with Gasteiger partial charge in [0.1, 0.15) is 12.4 Å². The van der Waals surface area contributed by atoms with E-state index in [1.807, 2.05) is 6.08 Å². The van der Waals surface area contributed by atoms with Crippen molar-refractivity contribution >= 4 is 13.3 Å². The van der Waals surface area contributed by atoms with Gasteiger partial charge in [-0.2, -0.15) is 0 Å². The van der Waals surface area contributed by atoms with Crippen LogP contribution in [0.5, 0.6) is 5.75 Å². The highest BCUT2D eigenvalue weighted by molar-refractivity contribution is 6.91. The molecule has 0 heterocycles. The average molecular weight is 337 g/mol. The fraction of sp³-hybridized carbons (Fsp3) is 0.364. The van der Waals surface area contributed by atoms with E-state index in [2.05, 4.69) is 82.1 Å². The lowest BCUT2D eigenvalue weighted by Gasteiger charge is -2.40. The quantitative estimate of drug-likeness (QED) is 0.547. The van der Waals surface area contributed by atoms with E-state index in [0.29, 0.717) is 12.1 Å². The van der Waals surface area contributed by atoms with Gasteiger partial charge in [0.2, 0.25) is 0 Å². The number of para-hydroxylation sites is 1. The van der Waals surface area contributed by atoms with Gasteiger partial charge in [-0.1, -0.05) is 82.1 Å². The molecule has 2 aromatic rings. The minimum atomic E-state index is -1.79. The van der Waals surface area contributed by atoms with E-state index in [4.69, 9.17) is 4.74 Å². The Morgan fingerprint density at radius 2 is 1.79 bits per heavy atom. The van der Waals surface area contributed by atoms with Crippen LogP contribution in [-0.4, -0.2) is 14.7 Å². The van der Waals surface area contributed by atoms with Crippen LogP contribution in [0.3, 0.4) is 0 Å². The van der Waals surface area contributed by atoms with Crippen LogP contribution in [0, 0.1) is 5.41 Å². The second-order valence-electron chi connectivity index (χ2n) is 8.11. The molecule has 0 aliphatic heterocycles. The van der Waals surface area contributed by atoms with Crippen molar-refractivity contribution < 1.29 is 4.74 Å². The first-order valence-electron chi connectivity index (χ1n) is 8.79. The molecule has 1 aliphatic rings. The molecule has 1 aliphatic carbocycles. The van der Waals surface area contributed by atoms with Crippen molar-refractivity contribution in [2.45, 2.75) is 38.9 Å². The first-order valence-corrected chi connectivity index (χ1v) is 11.9. The van der Waals surface area contributed by atoms with Gasteiger partial charge in [-0.15, -0.1) is 0 Å². The third-order valence-corrected chi connectivity index (χ3v) is 9.79. The molecule has 3 rings (SSSR count). The lowest BCUT2D eigenvalue weighted by Crippen LogP contribution is -2.51. The summed E-state index contributed by atoms with van der Waals surface area (Å²) in [5, 5.41) is 1.42. The van der Waals surface area contributed by atoms with E-state index >= 15 is 0 Å². The van der Waals surface area contributed by atoms with E-state index in [9.17, 15) is 0 Å². The van der Waals surface area contributed by atoms with Crippen LogP contribution in [0.4, 0.5) is 0 Å². The van der Waals surface area contributed by atoms with Crippen LogP contribution in [0.25, 0.3) is 0 Å². The lowest BCUT2D eigenvalue weighted by molar-refractivity contribution is 0.362. The summed E-state index contributed by atoms with van der Waals surface area (Å²) in [6.07, 6.45) is 2.99. The summed E-state index contributed by atoms with van der Waals surface area (Å²) in [5.74, 6) is 1.04. The van der Waals surface area contributed by atoms with Gasteiger partial charge in [0.25, 0.3) is 0 Å². The third-order valence-electron chi connectivity index (χ3n) is 5.45. The maximum Gasteiger partial charge on any atom is 0.119 e. The van der Waals surface area contributed by atoms with Crippen molar-refractivity contribution in [2.75, 3.05) is 6.61 Å². The number of hydrogen-bond acceptors (Lipinski definition) is 1. The second kappa shape index (κ2) is 6.25. The van der Waals surface area contributed by atoms with E-state index in [1.54, 1.807) is 5.56 Å². The van der Waals surface area contributed by atoms with Crippen LogP contribution >= 0.6 is 0 Å². The number of rotatable bonds is 5. The first kappa shape index (κ1) is 17.0. The molecule has 0 fully saturated rings. The topological polar surface area (TPSA) is 9.23 Å². The normalized spacial score (nSPS) is 18.9. The zero-order valence-electron chi connectivity index (χ0n) is 15.3. The third kappa shape index (κ3) is 2.84. The molecule has 2 heteroatoms. The first-order chi connectivity index (χ1) is 11.4. The predicted molar refractivity (Wildman–Crippen MR) is 106 cm³/mol. The molecule has 0 saturated heterocycles. The number of fused-ring (bicyclic) bond motifs is 1. The Hall–Kier alpha value is -1.80. The molecule has 0 bridgehead atoms. The monoisotopic (exact) mass is 336 g/mol. The molecule has 0 aromatic heterocycles. The summed E-state index contributed by atoms with van der Waals surface area (Å²) in [7, 11) is -1.79. The van der Waals surface area contributed by atoms with Crippen molar-refractivity contribution in [1.29, 1.82) is 0 Å². The minimum Gasteiger partial charge on any atom is -0.490 e. The van der Waals surface area contributed by atoms with Crippen LogP contribution in [-0.2, 0) is 6.42 Å². The Kier molecular flexibility index (Phi) is 4.44. The van der Waals surface area contributed by atoms with Crippen LogP contribution in [0.1, 0.15) is 30.5 Å². The van der Waals surface area contributed by atoms with E-state index in [1.165, 1.54) is 17.2 Å². The molecule has 2 aromatic carbocycles.